The van der Waals surface area contributed by atoms with Crippen LogP contribution in [0.4, 0.5) is 0 Å². The highest BCUT2D eigenvalue weighted by molar-refractivity contribution is 7.07. The Balaban J connectivity index is 1.36. The molecule has 1 N–H and O–H groups in total. The van der Waals surface area contributed by atoms with E-state index in [1.165, 1.54) is 43.4 Å². The van der Waals surface area contributed by atoms with Gasteiger partial charge in [-0.25, -0.2) is 4.98 Å². The molecule has 1 saturated carbocycles. The van der Waals surface area contributed by atoms with Crippen molar-refractivity contribution < 1.29 is 14.3 Å². The Morgan fingerprint density at radius 3 is 2.96 bits per heavy atom. The number of aromatic nitrogens is 1. The number of benzene rings is 1. The summed E-state index contributed by atoms with van der Waals surface area (Å²) >= 11 is 1.54. The van der Waals surface area contributed by atoms with Crippen LogP contribution in [-0.2, 0) is 11.3 Å². The van der Waals surface area contributed by atoms with Gasteiger partial charge in [-0.3, -0.25) is 4.79 Å². The van der Waals surface area contributed by atoms with Crippen LogP contribution in [0.5, 0.6) is 5.75 Å². The van der Waals surface area contributed by atoms with Crippen LogP contribution in [0.25, 0.3) is 0 Å². The van der Waals surface area contributed by atoms with Gasteiger partial charge in [-0.1, -0.05) is 25.3 Å². The number of ether oxygens (including phenoxy) is 2. The Morgan fingerprint density at radius 1 is 1.27 bits per heavy atom. The van der Waals surface area contributed by atoms with Crippen molar-refractivity contribution >= 4 is 17.2 Å². The van der Waals surface area contributed by atoms with E-state index in [1.807, 2.05) is 17.5 Å². The van der Waals surface area contributed by atoms with E-state index in [0.29, 0.717) is 37.2 Å². The Morgan fingerprint density at radius 2 is 2.15 bits per heavy atom. The van der Waals surface area contributed by atoms with Gasteiger partial charge in [0.1, 0.15) is 12.4 Å². The third-order valence-electron chi connectivity index (χ3n) is 4.48. The summed E-state index contributed by atoms with van der Waals surface area (Å²) in [5.41, 5.74) is 3.28. The second-order valence-corrected chi connectivity index (χ2v) is 7.26. The third kappa shape index (κ3) is 6.11. The van der Waals surface area contributed by atoms with Gasteiger partial charge in [0, 0.05) is 24.1 Å². The van der Waals surface area contributed by atoms with Gasteiger partial charge in [0.05, 0.1) is 17.3 Å². The molecule has 1 aromatic carbocycles. The predicted molar refractivity (Wildman–Crippen MR) is 103 cm³/mol. The maximum Gasteiger partial charge on any atom is 0.251 e. The zero-order chi connectivity index (χ0) is 18.0. The van der Waals surface area contributed by atoms with Crippen molar-refractivity contribution in [2.45, 2.75) is 51.2 Å². The summed E-state index contributed by atoms with van der Waals surface area (Å²) < 4.78 is 11.6. The van der Waals surface area contributed by atoms with Crippen LogP contribution in [-0.4, -0.2) is 30.1 Å². The molecule has 1 aliphatic rings. The average Bonchev–Trinajstić information content (AvgIpc) is 3.21. The Bertz CT molecular complexity index is 669. The monoisotopic (exact) mass is 374 g/mol. The van der Waals surface area contributed by atoms with Crippen molar-refractivity contribution in [3.05, 3.63) is 46.4 Å². The van der Waals surface area contributed by atoms with Gasteiger partial charge in [0.15, 0.2) is 0 Å². The zero-order valence-electron chi connectivity index (χ0n) is 15.0. The molecule has 0 spiro atoms. The second kappa shape index (κ2) is 10.3. The van der Waals surface area contributed by atoms with E-state index in [4.69, 9.17) is 9.47 Å². The SMILES string of the molecule is O=C(NCCCOC1CCCCC1)c1cccc(OCc2cscn2)c1. The number of rotatable bonds is 9. The molecule has 2 aromatic rings. The van der Waals surface area contributed by atoms with Gasteiger partial charge >= 0.3 is 0 Å². The zero-order valence-corrected chi connectivity index (χ0v) is 15.8. The van der Waals surface area contributed by atoms with Crippen LogP contribution in [0.15, 0.2) is 35.2 Å². The number of nitrogens with zero attached hydrogens (tertiary/aromatic N) is 1. The summed E-state index contributed by atoms with van der Waals surface area (Å²) in [5.74, 6) is 0.591. The molecule has 0 unspecified atom stereocenters. The van der Waals surface area contributed by atoms with Gasteiger partial charge < -0.3 is 14.8 Å². The van der Waals surface area contributed by atoms with E-state index in [9.17, 15) is 4.79 Å². The van der Waals surface area contributed by atoms with Crippen molar-refractivity contribution in [1.82, 2.24) is 10.3 Å². The third-order valence-corrected chi connectivity index (χ3v) is 5.11. The van der Waals surface area contributed by atoms with Crippen molar-refractivity contribution in [2.75, 3.05) is 13.2 Å². The Labute approximate surface area is 158 Å². The number of thiazole rings is 1. The molecule has 140 valence electrons. The molecule has 0 saturated heterocycles. The summed E-state index contributed by atoms with van der Waals surface area (Å²) in [6, 6.07) is 7.24. The minimum absolute atomic E-state index is 0.0817. The summed E-state index contributed by atoms with van der Waals surface area (Å²) in [6.45, 7) is 1.74. The van der Waals surface area contributed by atoms with Crippen LogP contribution in [0.2, 0.25) is 0 Å². The van der Waals surface area contributed by atoms with Crippen molar-refractivity contribution in [3.8, 4) is 5.75 Å². The topological polar surface area (TPSA) is 60.5 Å². The summed E-state index contributed by atoms with van der Waals surface area (Å²) in [5, 5.41) is 4.90. The highest BCUT2D eigenvalue weighted by Gasteiger charge is 2.13. The van der Waals surface area contributed by atoms with Crippen LogP contribution in [0.1, 0.15) is 54.6 Å². The molecular formula is C20H26N2O3S. The highest BCUT2D eigenvalue weighted by atomic mass is 32.1. The maximum atomic E-state index is 12.3. The summed E-state index contributed by atoms with van der Waals surface area (Å²) in [4.78, 5) is 16.5. The van der Waals surface area contributed by atoms with E-state index >= 15 is 0 Å². The number of hydrogen-bond donors (Lipinski definition) is 1. The quantitative estimate of drug-likeness (QED) is 0.669. The van der Waals surface area contributed by atoms with Crippen LogP contribution in [0.3, 0.4) is 0 Å². The minimum Gasteiger partial charge on any atom is -0.487 e. The summed E-state index contributed by atoms with van der Waals surface area (Å²) in [7, 11) is 0. The average molecular weight is 375 g/mol. The number of hydrogen-bond acceptors (Lipinski definition) is 5. The molecule has 3 rings (SSSR count). The first-order valence-corrected chi connectivity index (χ1v) is 10.3. The van der Waals surface area contributed by atoms with E-state index in [2.05, 4.69) is 10.3 Å². The lowest BCUT2D eigenvalue weighted by Crippen LogP contribution is -2.26. The smallest absolute Gasteiger partial charge is 0.251 e. The van der Waals surface area contributed by atoms with E-state index in [0.717, 1.165) is 12.1 Å². The molecule has 26 heavy (non-hydrogen) atoms. The molecular weight excluding hydrogens is 348 g/mol. The van der Waals surface area contributed by atoms with Gasteiger partial charge in [-0.05, 0) is 37.5 Å². The molecule has 6 heteroatoms. The van der Waals surface area contributed by atoms with E-state index in [1.54, 1.807) is 17.6 Å². The van der Waals surface area contributed by atoms with Crippen LogP contribution >= 0.6 is 11.3 Å². The predicted octanol–water partition coefficient (Wildman–Crippen LogP) is 4.19. The number of nitrogens with one attached hydrogen (secondary N) is 1. The van der Waals surface area contributed by atoms with Gasteiger partial charge in [0.25, 0.3) is 5.91 Å². The molecule has 1 heterocycles. The molecule has 0 radical (unpaired) electrons. The van der Waals surface area contributed by atoms with Crippen LogP contribution < -0.4 is 10.1 Å². The molecule has 1 aromatic heterocycles. The normalized spacial score (nSPS) is 14.9. The van der Waals surface area contributed by atoms with Crippen molar-refractivity contribution in [3.63, 3.8) is 0 Å². The maximum absolute atomic E-state index is 12.3. The number of carbonyl (C=O) groups is 1. The molecule has 0 bridgehead atoms. The molecule has 5 nitrogen and oxygen atoms in total. The standard InChI is InChI=1S/C20H26N2O3S/c23-20(21-10-5-11-24-18-7-2-1-3-8-18)16-6-4-9-19(12-16)25-13-17-14-26-15-22-17/h4,6,9,12,14-15,18H,1-3,5,7-8,10-11,13H2,(H,21,23). The first-order chi connectivity index (χ1) is 12.8. The first-order valence-electron chi connectivity index (χ1n) is 9.31. The fourth-order valence-corrected chi connectivity index (χ4v) is 3.59. The largest absolute Gasteiger partial charge is 0.487 e. The van der Waals surface area contributed by atoms with E-state index in [-0.39, 0.29) is 5.91 Å². The fraction of sp³-hybridized carbons (Fsp3) is 0.500. The molecule has 0 aliphatic heterocycles. The fourth-order valence-electron chi connectivity index (χ4n) is 3.05. The lowest BCUT2D eigenvalue weighted by Gasteiger charge is -2.21. The molecule has 0 atom stereocenters. The van der Waals surface area contributed by atoms with Crippen molar-refractivity contribution in [2.24, 2.45) is 0 Å². The van der Waals surface area contributed by atoms with Crippen molar-refractivity contribution in [1.29, 1.82) is 0 Å². The van der Waals surface area contributed by atoms with E-state index < -0.39 is 0 Å². The van der Waals surface area contributed by atoms with Crippen LogP contribution in [0, 0.1) is 0 Å². The number of amides is 1. The Kier molecular flexibility index (Phi) is 7.46. The van der Waals surface area contributed by atoms with Gasteiger partial charge in [-0.2, -0.15) is 0 Å². The lowest BCUT2D eigenvalue weighted by molar-refractivity contribution is 0.0273. The van der Waals surface area contributed by atoms with Gasteiger partial charge in [0.2, 0.25) is 0 Å². The molecule has 1 amide bonds. The molecule has 1 fully saturated rings. The lowest BCUT2D eigenvalue weighted by atomic mass is 9.98. The molecule has 1 aliphatic carbocycles. The Hall–Kier alpha value is -1.92. The van der Waals surface area contributed by atoms with Gasteiger partial charge in [-0.15, -0.1) is 11.3 Å². The number of carbonyl (C=O) groups excluding carboxylic acids is 1. The second-order valence-electron chi connectivity index (χ2n) is 6.54. The highest BCUT2D eigenvalue weighted by Crippen LogP contribution is 2.20. The summed E-state index contributed by atoms with van der Waals surface area (Å²) in [6.07, 6.45) is 7.51. The minimum atomic E-state index is -0.0817. The first kappa shape index (κ1) is 18.9.